The van der Waals surface area contributed by atoms with Crippen molar-refractivity contribution >= 4 is 0 Å². The second-order valence-electron chi connectivity index (χ2n) is 5.77. The molecule has 0 saturated carbocycles. The summed E-state index contributed by atoms with van der Waals surface area (Å²) in [4.78, 5) is 0. The summed E-state index contributed by atoms with van der Waals surface area (Å²) in [7, 11) is 0. The van der Waals surface area contributed by atoms with E-state index in [1.54, 1.807) is 6.92 Å². The molecular formula is C18H40O2. The van der Waals surface area contributed by atoms with Crippen LogP contribution in [0, 0.1) is 5.92 Å². The summed E-state index contributed by atoms with van der Waals surface area (Å²) < 4.78 is 0. The maximum Gasteiger partial charge on any atom is 0.0459 e. The quantitative estimate of drug-likeness (QED) is 0.451. The first-order valence-corrected chi connectivity index (χ1v) is 8.98. The van der Waals surface area contributed by atoms with E-state index in [0.29, 0.717) is 12.5 Å². The molecule has 20 heavy (non-hydrogen) atoms. The van der Waals surface area contributed by atoms with E-state index in [0.717, 1.165) is 0 Å². The predicted octanol–water partition coefficient (Wildman–Crippen LogP) is 5.31. The molecule has 0 aliphatic carbocycles. The highest BCUT2D eigenvalue weighted by molar-refractivity contribution is 4.59. The van der Waals surface area contributed by atoms with E-state index >= 15 is 0 Å². The summed E-state index contributed by atoms with van der Waals surface area (Å²) in [5, 5.41) is 16.9. The Morgan fingerprint density at radius 2 is 0.950 bits per heavy atom. The Kier molecular flexibility index (Phi) is 23.6. The van der Waals surface area contributed by atoms with E-state index in [4.69, 9.17) is 5.11 Å². The Morgan fingerprint density at radius 3 is 1.35 bits per heavy atom. The molecule has 0 radical (unpaired) electrons. The minimum Gasteiger partial charge on any atom is -0.397 e. The van der Waals surface area contributed by atoms with Gasteiger partial charge in [-0.3, -0.25) is 0 Å². The third-order valence-corrected chi connectivity index (χ3v) is 3.69. The Morgan fingerprint density at radius 1 is 0.600 bits per heavy atom. The van der Waals surface area contributed by atoms with Crippen molar-refractivity contribution in [2.75, 3.05) is 13.2 Å². The first-order chi connectivity index (χ1) is 9.76. The molecule has 0 aromatic carbocycles. The van der Waals surface area contributed by atoms with Gasteiger partial charge in [-0.05, 0) is 25.7 Å². The molecule has 2 heteroatoms. The van der Waals surface area contributed by atoms with Gasteiger partial charge in [0, 0.05) is 13.2 Å². The van der Waals surface area contributed by atoms with Gasteiger partial charge in [0.25, 0.3) is 0 Å². The predicted molar refractivity (Wildman–Crippen MR) is 90.1 cm³/mol. The molecule has 1 atom stereocenters. The SMILES string of the molecule is CCCCCCCCC(CO)CCCCCC.CCO. The number of hydrogen-bond acceptors (Lipinski definition) is 2. The monoisotopic (exact) mass is 288 g/mol. The molecule has 0 saturated heterocycles. The lowest BCUT2D eigenvalue weighted by atomic mass is 9.95. The number of hydrogen-bond donors (Lipinski definition) is 2. The lowest BCUT2D eigenvalue weighted by molar-refractivity contribution is 0.204. The number of rotatable bonds is 13. The summed E-state index contributed by atoms with van der Waals surface area (Å²) in [6.07, 6.45) is 16.0. The second-order valence-corrected chi connectivity index (χ2v) is 5.77. The van der Waals surface area contributed by atoms with Crippen LogP contribution in [0.4, 0.5) is 0 Å². The van der Waals surface area contributed by atoms with Crippen molar-refractivity contribution in [2.24, 2.45) is 5.92 Å². The number of unbranched alkanes of at least 4 members (excludes halogenated alkanes) is 8. The highest BCUT2D eigenvalue weighted by atomic mass is 16.3. The normalized spacial score (nSPS) is 11.8. The first kappa shape index (κ1) is 22.2. The van der Waals surface area contributed by atoms with Crippen LogP contribution in [0.1, 0.15) is 97.8 Å². The van der Waals surface area contributed by atoms with Crippen molar-refractivity contribution in [1.82, 2.24) is 0 Å². The van der Waals surface area contributed by atoms with Gasteiger partial charge in [-0.15, -0.1) is 0 Å². The van der Waals surface area contributed by atoms with Crippen molar-refractivity contribution in [2.45, 2.75) is 97.8 Å². The molecule has 0 amide bonds. The minimum atomic E-state index is 0.250. The molecule has 0 rings (SSSR count). The highest BCUT2D eigenvalue weighted by Crippen LogP contribution is 2.18. The number of aliphatic hydroxyl groups excluding tert-OH is 2. The fourth-order valence-corrected chi connectivity index (χ4v) is 2.40. The Balaban J connectivity index is 0. The largest absolute Gasteiger partial charge is 0.397 e. The Bertz CT molecular complexity index is 148. The zero-order chi connectivity index (χ0) is 15.5. The maximum atomic E-state index is 9.32. The van der Waals surface area contributed by atoms with Crippen molar-refractivity contribution < 1.29 is 10.2 Å². The molecule has 0 bridgehead atoms. The van der Waals surface area contributed by atoms with E-state index < -0.39 is 0 Å². The zero-order valence-corrected chi connectivity index (χ0v) is 14.4. The van der Waals surface area contributed by atoms with Crippen LogP contribution in [0.25, 0.3) is 0 Å². The van der Waals surface area contributed by atoms with Crippen LogP contribution < -0.4 is 0 Å². The summed E-state index contributed by atoms with van der Waals surface area (Å²) in [6.45, 7) is 6.85. The maximum absolute atomic E-state index is 9.32. The van der Waals surface area contributed by atoms with Crippen molar-refractivity contribution in [1.29, 1.82) is 0 Å². The van der Waals surface area contributed by atoms with Crippen LogP contribution in [-0.4, -0.2) is 23.4 Å². The molecule has 0 aromatic rings. The molecule has 0 aliphatic rings. The van der Waals surface area contributed by atoms with Crippen LogP contribution in [0.15, 0.2) is 0 Å². The average molecular weight is 289 g/mol. The topological polar surface area (TPSA) is 40.5 Å². The van der Waals surface area contributed by atoms with Gasteiger partial charge in [0.2, 0.25) is 0 Å². The van der Waals surface area contributed by atoms with E-state index in [1.165, 1.54) is 77.0 Å². The zero-order valence-electron chi connectivity index (χ0n) is 14.4. The Hall–Kier alpha value is -0.0800. The van der Waals surface area contributed by atoms with Crippen molar-refractivity contribution in [3.8, 4) is 0 Å². The molecule has 0 fully saturated rings. The molecule has 1 unspecified atom stereocenters. The summed E-state index contributed by atoms with van der Waals surface area (Å²) in [5.74, 6) is 0.582. The van der Waals surface area contributed by atoms with Crippen molar-refractivity contribution in [3.63, 3.8) is 0 Å². The van der Waals surface area contributed by atoms with Crippen LogP contribution in [-0.2, 0) is 0 Å². The van der Waals surface area contributed by atoms with Gasteiger partial charge in [0.05, 0.1) is 0 Å². The third kappa shape index (κ3) is 20.2. The molecule has 2 N–H and O–H groups in total. The van der Waals surface area contributed by atoms with Gasteiger partial charge in [0.15, 0.2) is 0 Å². The molecule has 0 spiro atoms. The first-order valence-electron chi connectivity index (χ1n) is 8.98. The third-order valence-electron chi connectivity index (χ3n) is 3.69. The lowest BCUT2D eigenvalue weighted by Gasteiger charge is -2.13. The van der Waals surface area contributed by atoms with E-state index in [9.17, 15) is 5.11 Å². The van der Waals surface area contributed by atoms with Gasteiger partial charge < -0.3 is 10.2 Å². The average Bonchev–Trinajstić information content (AvgIpc) is 2.45. The van der Waals surface area contributed by atoms with Gasteiger partial charge in [-0.2, -0.15) is 0 Å². The Labute approximate surface area is 128 Å². The van der Waals surface area contributed by atoms with Crippen LogP contribution in [0.2, 0.25) is 0 Å². The lowest BCUT2D eigenvalue weighted by Crippen LogP contribution is -2.06. The van der Waals surface area contributed by atoms with Crippen LogP contribution >= 0.6 is 0 Å². The van der Waals surface area contributed by atoms with Crippen LogP contribution in [0.3, 0.4) is 0 Å². The highest BCUT2D eigenvalue weighted by Gasteiger charge is 2.06. The fourth-order valence-electron chi connectivity index (χ4n) is 2.40. The van der Waals surface area contributed by atoms with E-state index in [1.807, 2.05) is 0 Å². The van der Waals surface area contributed by atoms with Gasteiger partial charge >= 0.3 is 0 Å². The summed E-state index contributed by atoms with van der Waals surface area (Å²) >= 11 is 0. The molecule has 0 heterocycles. The van der Waals surface area contributed by atoms with Crippen molar-refractivity contribution in [3.05, 3.63) is 0 Å². The standard InChI is InChI=1S/C16H34O.C2H6O/c1-3-5-7-9-10-12-14-16(15-17)13-11-8-6-4-2;1-2-3/h16-17H,3-15H2,1-2H3;3H,2H2,1H3. The van der Waals surface area contributed by atoms with Gasteiger partial charge in [0.1, 0.15) is 0 Å². The number of aliphatic hydroxyl groups is 2. The minimum absolute atomic E-state index is 0.250. The van der Waals surface area contributed by atoms with Gasteiger partial charge in [-0.25, -0.2) is 0 Å². The molecular weight excluding hydrogens is 248 g/mol. The second kappa shape index (κ2) is 21.2. The molecule has 0 aliphatic heterocycles. The summed E-state index contributed by atoms with van der Waals surface area (Å²) in [5.41, 5.74) is 0. The van der Waals surface area contributed by atoms with E-state index in [2.05, 4.69) is 13.8 Å². The smallest absolute Gasteiger partial charge is 0.0459 e. The van der Waals surface area contributed by atoms with Gasteiger partial charge in [-0.1, -0.05) is 78.1 Å². The fraction of sp³-hybridized carbons (Fsp3) is 1.00. The molecule has 0 aromatic heterocycles. The molecule has 124 valence electrons. The molecule has 2 nitrogen and oxygen atoms in total. The summed E-state index contributed by atoms with van der Waals surface area (Å²) in [6, 6.07) is 0. The van der Waals surface area contributed by atoms with Crippen LogP contribution in [0.5, 0.6) is 0 Å². The van der Waals surface area contributed by atoms with E-state index in [-0.39, 0.29) is 6.61 Å².